The highest BCUT2D eigenvalue weighted by Gasteiger charge is 2.52. The maximum atomic E-state index is 13.5. The molecule has 2 amide bonds. The van der Waals surface area contributed by atoms with Gasteiger partial charge in [0.1, 0.15) is 22.9 Å². The minimum absolute atomic E-state index is 0.0450. The number of anilines is 1. The molecule has 0 bridgehead atoms. The number of carbonyl (C=O) groups is 2. The summed E-state index contributed by atoms with van der Waals surface area (Å²) < 4.78 is 10.9. The quantitative estimate of drug-likeness (QED) is 0.731. The van der Waals surface area contributed by atoms with Crippen molar-refractivity contribution in [2.45, 2.75) is 24.4 Å². The highest BCUT2D eigenvalue weighted by atomic mass is 32.2. The molecule has 0 unspecified atom stereocenters. The fourth-order valence-electron chi connectivity index (χ4n) is 4.10. The minimum Gasteiger partial charge on any atom is -0.497 e. The molecule has 2 fully saturated rings. The van der Waals surface area contributed by atoms with Crippen molar-refractivity contribution in [1.29, 1.82) is 0 Å². The SMILES string of the molecule is COc1ccc([C@@H]2SCC(=O)N2[C@@H]2C(=O)N(c3ccccc3)N(C)[C@H]2C)c(OC)c1. The summed E-state index contributed by atoms with van der Waals surface area (Å²) in [6.45, 7) is 1.98. The molecule has 0 spiro atoms. The molecular formula is C22H25N3O4S. The number of ether oxygens (including phenoxy) is 2. The summed E-state index contributed by atoms with van der Waals surface area (Å²) in [7, 11) is 5.08. The highest BCUT2D eigenvalue weighted by molar-refractivity contribution is 8.00. The molecule has 158 valence electrons. The summed E-state index contributed by atoms with van der Waals surface area (Å²) in [5.41, 5.74) is 1.65. The Kier molecular flexibility index (Phi) is 5.62. The van der Waals surface area contributed by atoms with Gasteiger partial charge in [0.05, 0.1) is 31.7 Å². The Morgan fingerprint density at radius 2 is 1.77 bits per heavy atom. The molecule has 2 heterocycles. The van der Waals surface area contributed by atoms with Crippen LogP contribution in [-0.2, 0) is 9.59 Å². The molecular weight excluding hydrogens is 402 g/mol. The maximum absolute atomic E-state index is 13.5. The predicted molar refractivity (Wildman–Crippen MR) is 117 cm³/mol. The van der Waals surface area contributed by atoms with Gasteiger partial charge in [0, 0.05) is 18.7 Å². The van der Waals surface area contributed by atoms with Gasteiger partial charge in [-0.2, -0.15) is 0 Å². The number of hydrogen-bond donors (Lipinski definition) is 0. The zero-order valence-electron chi connectivity index (χ0n) is 17.4. The number of thioether (sulfide) groups is 1. The van der Waals surface area contributed by atoms with Gasteiger partial charge in [-0.25, -0.2) is 10.0 Å². The van der Waals surface area contributed by atoms with E-state index >= 15 is 0 Å². The molecule has 2 aromatic rings. The number of nitrogens with zero attached hydrogens (tertiary/aromatic N) is 3. The third kappa shape index (κ3) is 3.30. The molecule has 0 aliphatic carbocycles. The summed E-state index contributed by atoms with van der Waals surface area (Å²) in [5.74, 6) is 1.49. The Balaban J connectivity index is 1.71. The maximum Gasteiger partial charge on any atom is 0.266 e. The van der Waals surface area contributed by atoms with E-state index in [1.807, 2.05) is 61.4 Å². The molecule has 30 heavy (non-hydrogen) atoms. The first-order chi connectivity index (χ1) is 14.5. The number of carbonyl (C=O) groups excluding carboxylic acids is 2. The van der Waals surface area contributed by atoms with Crippen LogP contribution < -0.4 is 14.5 Å². The standard InChI is InChI=1S/C22H25N3O4S/c1-14-20(21(27)25(23(14)2)15-8-6-5-7-9-15)24-19(26)13-30-22(24)17-11-10-16(28-3)12-18(17)29-4/h5-12,14,20,22H,13H2,1-4H3/t14-,20-,22-/m0/s1. The number of methoxy groups -OCH3 is 2. The molecule has 0 radical (unpaired) electrons. The third-order valence-electron chi connectivity index (χ3n) is 5.74. The monoisotopic (exact) mass is 427 g/mol. The number of para-hydroxylation sites is 1. The van der Waals surface area contributed by atoms with Crippen LogP contribution in [0, 0.1) is 0 Å². The van der Waals surface area contributed by atoms with Gasteiger partial charge in [0.15, 0.2) is 0 Å². The zero-order chi connectivity index (χ0) is 21.4. The fourth-order valence-corrected chi connectivity index (χ4v) is 5.34. The molecule has 7 nitrogen and oxygen atoms in total. The van der Waals surface area contributed by atoms with Gasteiger partial charge in [-0.15, -0.1) is 11.8 Å². The minimum atomic E-state index is -0.588. The second-order valence-corrected chi connectivity index (χ2v) is 8.39. The lowest BCUT2D eigenvalue weighted by molar-refractivity contribution is -0.136. The van der Waals surface area contributed by atoms with Crippen molar-refractivity contribution in [3.8, 4) is 11.5 Å². The van der Waals surface area contributed by atoms with Gasteiger partial charge < -0.3 is 14.4 Å². The molecule has 4 rings (SSSR count). The van der Waals surface area contributed by atoms with Crippen LogP contribution in [0.5, 0.6) is 11.5 Å². The Morgan fingerprint density at radius 1 is 1.03 bits per heavy atom. The molecule has 0 saturated carbocycles. The van der Waals surface area contributed by atoms with Crippen molar-refractivity contribution in [2.24, 2.45) is 0 Å². The van der Waals surface area contributed by atoms with E-state index in [0.29, 0.717) is 17.3 Å². The molecule has 8 heteroatoms. The molecule has 2 aromatic carbocycles. The first-order valence-corrected chi connectivity index (χ1v) is 10.8. The van der Waals surface area contributed by atoms with Crippen LogP contribution in [0.2, 0.25) is 0 Å². The number of hydrogen-bond acceptors (Lipinski definition) is 6. The van der Waals surface area contributed by atoms with Crippen LogP contribution in [0.4, 0.5) is 5.69 Å². The van der Waals surface area contributed by atoms with Gasteiger partial charge in [0.2, 0.25) is 5.91 Å². The van der Waals surface area contributed by atoms with E-state index in [4.69, 9.17) is 9.47 Å². The van der Waals surface area contributed by atoms with Crippen molar-refractivity contribution in [1.82, 2.24) is 9.91 Å². The average Bonchev–Trinajstić information content (AvgIpc) is 3.24. The van der Waals surface area contributed by atoms with Crippen LogP contribution in [0.3, 0.4) is 0 Å². The van der Waals surface area contributed by atoms with Crippen molar-refractivity contribution < 1.29 is 19.1 Å². The molecule has 2 saturated heterocycles. The van der Waals surface area contributed by atoms with Gasteiger partial charge in [-0.3, -0.25) is 9.59 Å². The topological polar surface area (TPSA) is 62.3 Å². The summed E-state index contributed by atoms with van der Waals surface area (Å²) >= 11 is 1.51. The molecule has 2 aliphatic heterocycles. The van der Waals surface area contributed by atoms with Gasteiger partial charge in [-0.1, -0.05) is 18.2 Å². The summed E-state index contributed by atoms with van der Waals surface area (Å²) in [5, 5.41) is 3.26. The van der Waals surface area contributed by atoms with Crippen LogP contribution in [0.1, 0.15) is 17.9 Å². The molecule has 0 aromatic heterocycles. The van der Waals surface area contributed by atoms with Gasteiger partial charge >= 0.3 is 0 Å². The summed E-state index contributed by atoms with van der Waals surface area (Å²) in [4.78, 5) is 28.2. The van der Waals surface area contributed by atoms with E-state index in [2.05, 4.69) is 0 Å². The van der Waals surface area contributed by atoms with E-state index in [1.54, 1.807) is 30.2 Å². The first kappa shape index (κ1) is 20.6. The Labute approximate surface area is 180 Å². The van der Waals surface area contributed by atoms with E-state index in [-0.39, 0.29) is 23.2 Å². The lowest BCUT2D eigenvalue weighted by Crippen LogP contribution is -2.47. The normalized spacial score (nSPS) is 24.6. The molecule has 0 N–H and O–H groups in total. The van der Waals surface area contributed by atoms with Crippen molar-refractivity contribution in [3.05, 3.63) is 54.1 Å². The number of likely N-dealkylation sites (N-methyl/N-ethyl adjacent to an activating group) is 1. The smallest absolute Gasteiger partial charge is 0.266 e. The first-order valence-electron chi connectivity index (χ1n) is 9.74. The summed E-state index contributed by atoms with van der Waals surface area (Å²) in [6, 6.07) is 14.3. The number of benzene rings is 2. The molecule has 3 atom stereocenters. The average molecular weight is 428 g/mol. The predicted octanol–water partition coefficient (Wildman–Crippen LogP) is 2.93. The Bertz CT molecular complexity index is 955. The Morgan fingerprint density at radius 3 is 2.43 bits per heavy atom. The summed E-state index contributed by atoms with van der Waals surface area (Å²) in [6.07, 6.45) is 0. The second-order valence-electron chi connectivity index (χ2n) is 7.32. The van der Waals surface area contributed by atoms with Crippen LogP contribution in [-0.4, -0.2) is 60.8 Å². The third-order valence-corrected chi connectivity index (χ3v) is 6.95. The van der Waals surface area contributed by atoms with Crippen molar-refractivity contribution in [3.63, 3.8) is 0 Å². The van der Waals surface area contributed by atoms with Gasteiger partial charge in [0.25, 0.3) is 5.91 Å². The van der Waals surface area contributed by atoms with Crippen LogP contribution >= 0.6 is 11.8 Å². The Hall–Kier alpha value is -2.71. The zero-order valence-corrected chi connectivity index (χ0v) is 18.3. The number of hydrazine groups is 1. The van der Waals surface area contributed by atoms with Gasteiger partial charge in [-0.05, 0) is 31.2 Å². The number of rotatable bonds is 5. The lowest BCUT2D eigenvalue weighted by Gasteiger charge is -2.31. The largest absolute Gasteiger partial charge is 0.497 e. The van der Waals surface area contributed by atoms with Crippen LogP contribution in [0.25, 0.3) is 0 Å². The number of amides is 2. The molecule has 2 aliphatic rings. The van der Waals surface area contributed by atoms with E-state index < -0.39 is 6.04 Å². The van der Waals surface area contributed by atoms with E-state index in [9.17, 15) is 9.59 Å². The lowest BCUT2D eigenvalue weighted by atomic mass is 10.1. The van der Waals surface area contributed by atoms with Crippen molar-refractivity contribution >= 4 is 29.3 Å². The van der Waals surface area contributed by atoms with E-state index in [1.165, 1.54) is 11.8 Å². The van der Waals surface area contributed by atoms with Crippen molar-refractivity contribution in [2.75, 3.05) is 32.0 Å². The fraction of sp³-hybridized carbons (Fsp3) is 0.364. The second kappa shape index (κ2) is 8.20. The van der Waals surface area contributed by atoms with E-state index in [0.717, 1.165) is 11.3 Å². The highest BCUT2D eigenvalue weighted by Crippen LogP contribution is 2.46. The van der Waals surface area contributed by atoms with Crippen LogP contribution in [0.15, 0.2) is 48.5 Å².